The van der Waals surface area contributed by atoms with Crippen molar-refractivity contribution in [3.8, 4) is 16.9 Å². The van der Waals surface area contributed by atoms with Crippen LogP contribution in [0.2, 0.25) is 15.1 Å². The van der Waals surface area contributed by atoms with Crippen molar-refractivity contribution in [1.82, 2.24) is 9.78 Å². The van der Waals surface area contributed by atoms with E-state index in [2.05, 4.69) is 12.0 Å². The molecule has 1 heterocycles. The van der Waals surface area contributed by atoms with E-state index in [9.17, 15) is 4.79 Å². The second-order valence-corrected chi connectivity index (χ2v) is 8.04. The zero-order valence-electron chi connectivity index (χ0n) is 15.2. The second-order valence-electron chi connectivity index (χ2n) is 6.42. The molecule has 0 aliphatic rings. The molecule has 0 amide bonds. The number of aromatic nitrogens is 2. The molecule has 0 radical (unpaired) electrons. The van der Waals surface area contributed by atoms with Gasteiger partial charge in [-0.05, 0) is 54.8 Å². The van der Waals surface area contributed by atoms with Crippen molar-refractivity contribution < 1.29 is 4.79 Å². The minimum Gasteiger partial charge on any atom is -0.274 e. The van der Waals surface area contributed by atoms with Crippen LogP contribution in [-0.2, 0) is 6.42 Å². The molecule has 3 rings (SSSR count). The normalized spacial score (nSPS) is 11.0. The molecule has 0 aliphatic heterocycles. The van der Waals surface area contributed by atoms with E-state index < -0.39 is 5.24 Å². The van der Waals surface area contributed by atoms with Gasteiger partial charge in [0.05, 0.1) is 16.4 Å². The molecule has 0 saturated carbocycles. The summed E-state index contributed by atoms with van der Waals surface area (Å²) in [5.74, 6) is 0. The zero-order valence-corrected chi connectivity index (χ0v) is 18.2. The van der Waals surface area contributed by atoms with Crippen molar-refractivity contribution in [3.05, 3.63) is 68.8 Å². The largest absolute Gasteiger partial charge is 0.274 e. The van der Waals surface area contributed by atoms with Crippen molar-refractivity contribution in [2.24, 2.45) is 0 Å². The molecule has 3 aromatic rings. The van der Waals surface area contributed by atoms with Gasteiger partial charge in [0, 0.05) is 21.2 Å². The van der Waals surface area contributed by atoms with E-state index in [1.54, 1.807) is 35.0 Å². The number of unbranched alkanes of at least 4 members (excludes halogenated alkanes) is 2. The number of nitrogens with zero attached hydrogens (tertiary/aromatic N) is 2. The third kappa shape index (κ3) is 4.55. The number of carbonyl (C=O) groups is 1. The van der Waals surface area contributed by atoms with E-state index in [1.165, 1.54) is 0 Å². The summed E-state index contributed by atoms with van der Waals surface area (Å²) in [6.07, 6.45) is 3.72. The van der Waals surface area contributed by atoms with Crippen molar-refractivity contribution in [1.29, 1.82) is 0 Å². The van der Waals surface area contributed by atoms with E-state index in [0.717, 1.165) is 36.1 Å². The molecule has 0 spiro atoms. The van der Waals surface area contributed by atoms with Crippen molar-refractivity contribution in [2.45, 2.75) is 32.6 Å². The lowest BCUT2D eigenvalue weighted by Crippen LogP contribution is -2.01. The average Bonchev–Trinajstić information content (AvgIpc) is 3.02. The molecule has 0 fully saturated rings. The summed E-state index contributed by atoms with van der Waals surface area (Å²) >= 11 is 24.4. The number of hydrogen-bond acceptors (Lipinski definition) is 2. The van der Waals surface area contributed by atoms with Crippen molar-refractivity contribution >= 4 is 51.6 Å². The van der Waals surface area contributed by atoms with Gasteiger partial charge in [0.15, 0.2) is 0 Å². The Morgan fingerprint density at radius 2 is 1.68 bits per heavy atom. The lowest BCUT2D eigenvalue weighted by molar-refractivity contribution is 0.107. The first kappa shape index (κ1) is 21.2. The highest BCUT2D eigenvalue weighted by Gasteiger charge is 2.24. The first-order valence-corrected chi connectivity index (χ1v) is 10.5. The van der Waals surface area contributed by atoms with Crippen LogP contribution in [0.3, 0.4) is 0 Å². The van der Waals surface area contributed by atoms with Crippen LogP contribution in [-0.4, -0.2) is 15.0 Å². The molecule has 0 aliphatic carbocycles. The van der Waals surface area contributed by atoms with Gasteiger partial charge in [0.2, 0.25) is 0 Å². The highest BCUT2D eigenvalue weighted by Crippen LogP contribution is 2.35. The molecule has 146 valence electrons. The van der Waals surface area contributed by atoms with Crippen LogP contribution >= 0.6 is 46.4 Å². The summed E-state index contributed by atoms with van der Waals surface area (Å²) in [6, 6.07) is 12.5. The Morgan fingerprint density at radius 3 is 2.29 bits per heavy atom. The maximum atomic E-state index is 12.1. The van der Waals surface area contributed by atoms with E-state index in [4.69, 9.17) is 46.4 Å². The van der Waals surface area contributed by atoms with E-state index in [1.807, 2.05) is 12.1 Å². The SMILES string of the molecule is CCCCCc1c(C(=O)Cl)nn(-c2ccc(Cl)cc2Cl)c1-c1ccc(Cl)cc1. The smallest absolute Gasteiger partial charge is 0.273 e. The molecule has 0 N–H and O–H groups in total. The van der Waals surface area contributed by atoms with E-state index >= 15 is 0 Å². The number of halogens is 4. The summed E-state index contributed by atoms with van der Waals surface area (Å²) in [7, 11) is 0. The van der Waals surface area contributed by atoms with Gasteiger partial charge in [-0.25, -0.2) is 4.68 Å². The fourth-order valence-electron chi connectivity index (χ4n) is 3.13. The lowest BCUT2D eigenvalue weighted by Gasteiger charge is -2.12. The van der Waals surface area contributed by atoms with Gasteiger partial charge in [-0.1, -0.05) is 66.7 Å². The number of carbonyl (C=O) groups excluding carboxylic acids is 1. The van der Waals surface area contributed by atoms with Crippen LogP contribution in [0.4, 0.5) is 0 Å². The third-order valence-electron chi connectivity index (χ3n) is 4.46. The maximum absolute atomic E-state index is 12.1. The molecule has 28 heavy (non-hydrogen) atoms. The Labute approximate surface area is 184 Å². The Balaban J connectivity index is 2.26. The predicted octanol–water partition coefficient (Wildman–Crippen LogP) is 7.61. The van der Waals surface area contributed by atoms with Gasteiger partial charge < -0.3 is 0 Å². The van der Waals surface area contributed by atoms with Gasteiger partial charge in [-0.15, -0.1) is 0 Å². The van der Waals surface area contributed by atoms with Crippen LogP contribution < -0.4 is 0 Å². The summed E-state index contributed by atoms with van der Waals surface area (Å²) < 4.78 is 1.67. The van der Waals surface area contributed by atoms with Gasteiger partial charge in [0.1, 0.15) is 5.69 Å². The van der Waals surface area contributed by atoms with Crippen LogP contribution in [0.25, 0.3) is 16.9 Å². The molecule has 0 saturated heterocycles. The molecule has 0 unspecified atom stereocenters. The van der Waals surface area contributed by atoms with E-state index in [-0.39, 0.29) is 5.69 Å². The van der Waals surface area contributed by atoms with Crippen molar-refractivity contribution in [3.63, 3.8) is 0 Å². The molecule has 7 heteroatoms. The van der Waals surface area contributed by atoms with Crippen LogP contribution in [0.15, 0.2) is 42.5 Å². The van der Waals surface area contributed by atoms with Gasteiger partial charge in [0.25, 0.3) is 5.24 Å². The maximum Gasteiger partial charge on any atom is 0.273 e. The Hall–Kier alpha value is -1.52. The lowest BCUT2D eigenvalue weighted by atomic mass is 10.00. The fourth-order valence-corrected chi connectivity index (χ4v) is 3.89. The average molecular weight is 456 g/mol. The minimum atomic E-state index is -0.592. The Bertz CT molecular complexity index is 996. The molecular formula is C21H18Cl4N2O. The molecule has 0 bridgehead atoms. The first-order valence-electron chi connectivity index (χ1n) is 8.95. The molecular weight excluding hydrogens is 438 g/mol. The van der Waals surface area contributed by atoms with Gasteiger partial charge in [-0.3, -0.25) is 4.79 Å². The van der Waals surface area contributed by atoms with Gasteiger partial charge in [-0.2, -0.15) is 5.10 Å². The van der Waals surface area contributed by atoms with Crippen LogP contribution in [0.1, 0.15) is 42.2 Å². The van der Waals surface area contributed by atoms with Crippen LogP contribution in [0, 0.1) is 0 Å². The number of rotatable bonds is 7. The number of benzene rings is 2. The summed E-state index contributed by atoms with van der Waals surface area (Å²) in [6.45, 7) is 2.13. The van der Waals surface area contributed by atoms with Gasteiger partial charge >= 0.3 is 0 Å². The summed E-state index contributed by atoms with van der Waals surface area (Å²) in [4.78, 5) is 12.1. The standard InChI is InChI=1S/C21H18Cl4N2O/c1-2-3-4-5-16-19(21(25)28)26-27(18-11-10-15(23)12-17(18)24)20(16)13-6-8-14(22)9-7-13/h6-12H,2-5H2,1H3. The second kappa shape index (κ2) is 9.32. The minimum absolute atomic E-state index is 0.244. The number of hydrogen-bond donors (Lipinski definition) is 0. The molecule has 0 atom stereocenters. The Morgan fingerprint density at radius 1 is 1.00 bits per heavy atom. The summed E-state index contributed by atoms with van der Waals surface area (Å²) in [5.41, 5.74) is 3.33. The van der Waals surface area contributed by atoms with Crippen LogP contribution in [0.5, 0.6) is 0 Å². The quantitative estimate of drug-likeness (QED) is 0.271. The molecule has 2 aromatic carbocycles. The van der Waals surface area contributed by atoms with E-state index in [0.29, 0.717) is 27.2 Å². The monoisotopic (exact) mass is 454 g/mol. The zero-order chi connectivity index (χ0) is 20.3. The third-order valence-corrected chi connectivity index (χ3v) is 5.42. The predicted molar refractivity (Wildman–Crippen MR) is 117 cm³/mol. The highest BCUT2D eigenvalue weighted by molar-refractivity contribution is 6.67. The fraction of sp³-hybridized carbons (Fsp3) is 0.238. The highest BCUT2D eigenvalue weighted by atomic mass is 35.5. The van der Waals surface area contributed by atoms with Crippen molar-refractivity contribution in [2.75, 3.05) is 0 Å². The molecule has 3 nitrogen and oxygen atoms in total. The Kier molecular flexibility index (Phi) is 7.05. The molecule has 1 aromatic heterocycles. The topological polar surface area (TPSA) is 34.9 Å². The summed E-state index contributed by atoms with van der Waals surface area (Å²) in [5, 5.41) is 5.50. The first-order chi connectivity index (χ1) is 13.4.